The van der Waals surface area contributed by atoms with Crippen molar-refractivity contribution >= 4 is 5.82 Å². The second kappa shape index (κ2) is 4.12. The molecule has 0 spiro atoms. The maximum Gasteiger partial charge on any atom is 0.223 e. The number of fused-ring (bicyclic) bond motifs is 1. The van der Waals surface area contributed by atoms with Crippen molar-refractivity contribution in [2.45, 2.75) is 32.7 Å². The van der Waals surface area contributed by atoms with E-state index in [1.54, 1.807) is 13.3 Å². The van der Waals surface area contributed by atoms with E-state index in [1.807, 2.05) is 0 Å². The highest BCUT2D eigenvalue weighted by Crippen LogP contribution is 2.25. The van der Waals surface area contributed by atoms with E-state index in [9.17, 15) is 0 Å². The quantitative estimate of drug-likeness (QED) is 0.857. The number of nitrogens with zero attached hydrogens (tertiary/aromatic N) is 4. The Hall–Kier alpha value is -1.98. The number of aromatic nitrogens is 4. The van der Waals surface area contributed by atoms with Gasteiger partial charge in [-0.15, -0.1) is 0 Å². The van der Waals surface area contributed by atoms with Gasteiger partial charge in [0.1, 0.15) is 12.1 Å². The molecular formula is C11H13N5O. The van der Waals surface area contributed by atoms with Crippen molar-refractivity contribution < 1.29 is 4.52 Å². The van der Waals surface area contributed by atoms with Crippen LogP contribution >= 0.6 is 0 Å². The third-order valence-electron chi connectivity index (χ3n) is 2.86. The van der Waals surface area contributed by atoms with Crippen LogP contribution in [0.2, 0.25) is 0 Å². The van der Waals surface area contributed by atoms with Crippen molar-refractivity contribution in [2.24, 2.45) is 0 Å². The molecule has 1 aliphatic rings. The lowest BCUT2D eigenvalue weighted by molar-refractivity contribution is 0.388. The predicted octanol–water partition coefficient (Wildman–Crippen LogP) is 1.27. The Kier molecular flexibility index (Phi) is 2.47. The maximum atomic E-state index is 4.91. The number of nitrogens with one attached hydrogen (secondary N) is 1. The number of rotatable bonds is 3. The summed E-state index contributed by atoms with van der Waals surface area (Å²) in [6, 6.07) is 0. The number of anilines is 1. The van der Waals surface area contributed by atoms with Gasteiger partial charge >= 0.3 is 0 Å². The Morgan fingerprint density at radius 1 is 1.35 bits per heavy atom. The summed E-state index contributed by atoms with van der Waals surface area (Å²) >= 11 is 0. The van der Waals surface area contributed by atoms with E-state index in [0.29, 0.717) is 18.3 Å². The molecule has 0 saturated heterocycles. The van der Waals surface area contributed by atoms with E-state index >= 15 is 0 Å². The Morgan fingerprint density at radius 2 is 2.29 bits per heavy atom. The number of hydrogen-bond donors (Lipinski definition) is 1. The second-order valence-electron chi connectivity index (χ2n) is 4.08. The van der Waals surface area contributed by atoms with Crippen molar-refractivity contribution in [1.29, 1.82) is 0 Å². The van der Waals surface area contributed by atoms with Crippen molar-refractivity contribution in [3.05, 3.63) is 29.3 Å². The molecule has 0 radical (unpaired) electrons. The molecule has 0 amide bonds. The van der Waals surface area contributed by atoms with Gasteiger partial charge in [0, 0.05) is 18.2 Å². The average molecular weight is 231 g/mol. The van der Waals surface area contributed by atoms with Crippen LogP contribution in [0.3, 0.4) is 0 Å². The minimum atomic E-state index is 0.529. The Balaban J connectivity index is 1.75. The van der Waals surface area contributed by atoms with E-state index < -0.39 is 0 Å². The first-order valence-electron chi connectivity index (χ1n) is 5.69. The summed E-state index contributed by atoms with van der Waals surface area (Å²) < 4.78 is 4.91. The van der Waals surface area contributed by atoms with Gasteiger partial charge < -0.3 is 9.84 Å². The largest absolute Gasteiger partial charge is 0.362 e. The normalized spacial score (nSPS) is 13.7. The third-order valence-corrected chi connectivity index (χ3v) is 2.86. The van der Waals surface area contributed by atoms with Crippen molar-refractivity contribution in [1.82, 2.24) is 20.1 Å². The summed E-state index contributed by atoms with van der Waals surface area (Å²) in [5.41, 5.74) is 2.39. The summed E-state index contributed by atoms with van der Waals surface area (Å²) in [5.74, 6) is 2.12. The van der Waals surface area contributed by atoms with Crippen molar-refractivity contribution in [2.75, 3.05) is 5.32 Å². The first-order valence-corrected chi connectivity index (χ1v) is 5.69. The van der Waals surface area contributed by atoms with Crippen LogP contribution in [-0.4, -0.2) is 20.1 Å². The Labute approximate surface area is 98.5 Å². The fraction of sp³-hybridized carbons (Fsp3) is 0.455. The van der Waals surface area contributed by atoms with E-state index in [2.05, 4.69) is 25.4 Å². The summed E-state index contributed by atoms with van der Waals surface area (Å²) in [6.07, 6.45) is 4.86. The standard InChI is InChI=1S/C11H13N5O/c1-7-15-10(16-17-7)5-12-11-8-3-2-4-9(8)13-6-14-11/h6H,2-5H2,1H3,(H,12,13,14). The molecule has 3 rings (SSSR count). The van der Waals surface area contributed by atoms with Gasteiger partial charge in [0.2, 0.25) is 5.89 Å². The molecule has 2 aromatic rings. The predicted molar refractivity (Wildman–Crippen MR) is 60.4 cm³/mol. The van der Waals surface area contributed by atoms with Gasteiger partial charge in [-0.1, -0.05) is 5.16 Å². The zero-order valence-corrected chi connectivity index (χ0v) is 9.60. The van der Waals surface area contributed by atoms with Crippen LogP contribution in [0.4, 0.5) is 5.82 Å². The molecule has 0 fully saturated rings. The van der Waals surface area contributed by atoms with Gasteiger partial charge in [-0.3, -0.25) is 0 Å². The summed E-state index contributed by atoms with van der Waals surface area (Å²) in [7, 11) is 0. The zero-order valence-electron chi connectivity index (χ0n) is 9.60. The molecule has 0 aliphatic heterocycles. The molecule has 2 aromatic heterocycles. The first-order chi connectivity index (χ1) is 8.33. The molecule has 17 heavy (non-hydrogen) atoms. The zero-order chi connectivity index (χ0) is 11.7. The molecule has 2 heterocycles. The minimum Gasteiger partial charge on any atom is -0.362 e. The van der Waals surface area contributed by atoms with Crippen LogP contribution in [0, 0.1) is 6.92 Å². The van der Waals surface area contributed by atoms with Gasteiger partial charge in [0.25, 0.3) is 0 Å². The van der Waals surface area contributed by atoms with Gasteiger partial charge in [0.15, 0.2) is 5.82 Å². The van der Waals surface area contributed by atoms with Crippen molar-refractivity contribution in [3.63, 3.8) is 0 Å². The van der Waals surface area contributed by atoms with E-state index in [0.717, 1.165) is 30.8 Å². The second-order valence-corrected chi connectivity index (χ2v) is 4.08. The monoisotopic (exact) mass is 231 g/mol. The minimum absolute atomic E-state index is 0.529. The molecule has 0 unspecified atom stereocenters. The van der Waals surface area contributed by atoms with Crippen LogP contribution in [0.1, 0.15) is 29.4 Å². The van der Waals surface area contributed by atoms with Crippen LogP contribution in [-0.2, 0) is 19.4 Å². The van der Waals surface area contributed by atoms with Gasteiger partial charge in [-0.25, -0.2) is 9.97 Å². The molecule has 88 valence electrons. The molecule has 0 aromatic carbocycles. The number of hydrogen-bond acceptors (Lipinski definition) is 6. The molecular weight excluding hydrogens is 218 g/mol. The molecule has 0 atom stereocenters. The van der Waals surface area contributed by atoms with Crippen molar-refractivity contribution in [3.8, 4) is 0 Å². The SMILES string of the molecule is Cc1nc(CNc2ncnc3c2CCC3)no1. The fourth-order valence-corrected chi connectivity index (χ4v) is 2.09. The lowest BCUT2D eigenvalue weighted by Crippen LogP contribution is -2.06. The summed E-state index contributed by atoms with van der Waals surface area (Å²) in [6.45, 7) is 2.31. The van der Waals surface area contributed by atoms with E-state index in [-0.39, 0.29) is 0 Å². The first kappa shape index (κ1) is 10.2. The molecule has 1 aliphatic carbocycles. The van der Waals surface area contributed by atoms with E-state index in [1.165, 1.54) is 5.56 Å². The average Bonchev–Trinajstić information content (AvgIpc) is 2.94. The molecule has 1 N–H and O–H groups in total. The van der Waals surface area contributed by atoms with Gasteiger partial charge in [-0.2, -0.15) is 4.98 Å². The highest BCUT2D eigenvalue weighted by atomic mass is 16.5. The van der Waals surface area contributed by atoms with Crippen LogP contribution < -0.4 is 5.32 Å². The summed E-state index contributed by atoms with van der Waals surface area (Å²) in [4.78, 5) is 12.7. The maximum absolute atomic E-state index is 4.91. The lowest BCUT2D eigenvalue weighted by atomic mass is 10.2. The lowest BCUT2D eigenvalue weighted by Gasteiger charge is -2.07. The van der Waals surface area contributed by atoms with Gasteiger partial charge in [0.05, 0.1) is 6.54 Å². The molecule has 6 heteroatoms. The van der Waals surface area contributed by atoms with Crippen LogP contribution in [0.25, 0.3) is 0 Å². The van der Waals surface area contributed by atoms with Crippen LogP contribution in [0.5, 0.6) is 0 Å². The molecule has 0 bridgehead atoms. The molecule has 6 nitrogen and oxygen atoms in total. The topological polar surface area (TPSA) is 76.7 Å². The Bertz CT molecular complexity index is 536. The third kappa shape index (κ3) is 1.98. The smallest absolute Gasteiger partial charge is 0.223 e. The number of aryl methyl sites for hydroxylation is 2. The summed E-state index contributed by atoms with van der Waals surface area (Å²) in [5, 5.41) is 7.07. The fourth-order valence-electron chi connectivity index (χ4n) is 2.09. The highest BCUT2D eigenvalue weighted by Gasteiger charge is 2.17. The van der Waals surface area contributed by atoms with Gasteiger partial charge in [-0.05, 0) is 19.3 Å². The van der Waals surface area contributed by atoms with Crippen LogP contribution in [0.15, 0.2) is 10.9 Å². The van der Waals surface area contributed by atoms with E-state index in [4.69, 9.17) is 4.52 Å². The highest BCUT2D eigenvalue weighted by molar-refractivity contribution is 5.47. The Morgan fingerprint density at radius 3 is 3.12 bits per heavy atom. The molecule has 0 saturated carbocycles.